The second kappa shape index (κ2) is 5.83. The van der Waals surface area contributed by atoms with Crippen LogP contribution in [0.4, 0.5) is 17.6 Å². The fourth-order valence-corrected chi connectivity index (χ4v) is 2.91. The Bertz CT molecular complexity index is 907. The van der Waals surface area contributed by atoms with Gasteiger partial charge in [0.25, 0.3) is 0 Å². The summed E-state index contributed by atoms with van der Waals surface area (Å²) in [7, 11) is 1.04. The number of ether oxygens (including phenoxy) is 1. The van der Waals surface area contributed by atoms with E-state index in [2.05, 4.69) is 30.7 Å². The van der Waals surface area contributed by atoms with E-state index in [0.29, 0.717) is 12.1 Å². The minimum Gasteiger partial charge on any atom is -0.504 e. The average molecular weight is 422 g/mol. The van der Waals surface area contributed by atoms with Gasteiger partial charge in [-0.15, -0.1) is 5.10 Å². The lowest BCUT2D eigenvalue weighted by Crippen LogP contribution is -2.19. The lowest BCUT2D eigenvalue weighted by atomic mass is 9.97. The fourth-order valence-electron chi connectivity index (χ4n) is 2.57. The number of nitrogens with zero attached hydrogens (tertiary/aromatic N) is 3. The summed E-state index contributed by atoms with van der Waals surface area (Å²) in [5.41, 5.74) is -1.86. The van der Waals surface area contributed by atoms with Gasteiger partial charge in [0.15, 0.2) is 11.6 Å². The number of fused-ring (bicyclic) bond motifs is 1. The quantitative estimate of drug-likeness (QED) is 0.594. The summed E-state index contributed by atoms with van der Waals surface area (Å²) in [4.78, 5) is 15.8. The molecule has 2 aromatic rings. The number of aliphatic hydroxyl groups is 1. The molecule has 25 heavy (non-hydrogen) atoms. The van der Waals surface area contributed by atoms with Gasteiger partial charge in [0, 0.05) is 0 Å². The maximum absolute atomic E-state index is 13.8. The number of esters is 1. The Hall–Kier alpha value is -2.43. The molecule has 3 rings (SSSR count). The summed E-state index contributed by atoms with van der Waals surface area (Å²) in [6.45, 7) is 0. The summed E-state index contributed by atoms with van der Waals surface area (Å²) in [5.74, 6) is -2.91. The molecule has 11 heteroatoms. The monoisotopic (exact) mass is 421 g/mol. The molecule has 1 aromatic carbocycles. The minimum absolute atomic E-state index is 0.0374. The summed E-state index contributed by atoms with van der Waals surface area (Å²) >= 11 is 2.97. The van der Waals surface area contributed by atoms with Crippen LogP contribution >= 0.6 is 15.9 Å². The van der Waals surface area contributed by atoms with E-state index in [-0.39, 0.29) is 21.7 Å². The second-order valence-corrected chi connectivity index (χ2v) is 5.79. The van der Waals surface area contributed by atoms with E-state index in [4.69, 9.17) is 0 Å². The Labute approximate surface area is 145 Å². The van der Waals surface area contributed by atoms with Crippen molar-refractivity contribution in [3.05, 3.63) is 51.3 Å². The summed E-state index contributed by atoms with van der Waals surface area (Å²) < 4.78 is 58.3. The number of aromatic nitrogens is 3. The molecule has 132 valence electrons. The van der Waals surface area contributed by atoms with Crippen molar-refractivity contribution in [2.45, 2.75) is 12.2 Å². The standard InChI is InChI=1S/C14H8BrF4N3O3/c1-25-12(24)8-9(22-11(10(8)23)20-13(15)21-22)5-2-6(14(17,18)19)4-7(16)3-5/h2-4,9,23H,1H3. The predicted molar refractivity (Wildman–Crippen MR) is 78.8 cm³/mol. The van der Waals surface area contributed by atoms with Crippen LogP contribution in [-0.4, -0.2) is 33.0 Å². The average Bonchev–Trinajstić information content (AvgIpc) is 3.01. The molecule has 6 nitrogen and oxygen atoms in total. The molecule has 0 saturated heterocycles. The van der Waals surface area contributed by atoms with Gasteiger partial charge in [0.05, 0.1) is 12.7 Å². The van der Waals surface area contributed by atoms with Crippen molar-refractivity contribution in [1.29, 1.82) is 0 Å². The van der Waals surface area contributed by atoms with Crippen molar-refractivity contribution in [2.75, 3.05) is 7.11 Å². The van der Waals surface area contributed by atoms with Gasteiger partial charge < -0.3 is 9.84 Å². The number of carbonyl (C=O) groups is 1. The van der Waals surface area contributed by atoms with Gasteiger partial charge in [0.1, 0.15) is 17.4 Å². The van der Waals surface area contributed by atoms with Crippen molar-refractivity contribution in [3.8, 4) is 0 Å². The van der Waals surface area contributed by atoms with Crippen molar-refractivity contribution >= 4 is 27.7 Å². The molecule has 1 unspecified atom stereocenters. The Balaban J connectivity index is 2.24. The molecule has 0 amide bonds. The molecule has 1 aliphatic heterocycles. The maximum Gasteiger partial charge on any atom is 0.416 e. The lowest BCUT2D eigenvalue weighted by molar-refractivity contribution is -0.138. The summed E-state index contributed by atoms with van der Waals surface area (Å²) in [5, 5.41) is 14.1. The molecule has 0 fully saturated rings. The van der Waals surface area contributed by atoms with E-state index < -0.39 is 35.3 Å². The Morgan fingerprint density at radius 1 is 1.36 bits per heavy atom. The zero-order valence-electron chi connectivity index (χ0n) is 12.3. The highest BCUT2D eigenvalue weighted by Gasteiger charge is 2.41. The van der Waals surface area contributed by atoms with Crippen LogP contribution in [-0.2, 0) is 15.7 Å². The van der Waals surface area contributed by atoms with Gasteiger partial charge in [-0.25, -0.2) is 13.9 Å². The van der Waals surface area contributed by atoms with Crippen molar-refractivity contribution in [3.63, 3.8) is 0 Å². The highest BCUT2D eigenvalue weighted by molar-refractivity contribution is 9.10. The zero-order chi connectivity index (χ0) is 18.5. The normalized spacial score (nSPS) is 17.0. The van der Waals surface area contributed by atoms with Crippen molar-refractivity contribution in [2.24, 2.45) is 0 Å². The first kappa shape index (κ1) is 17.4. The number of halogens is 5. The van der Waals surface area contributed by atoms with E-state index in [1.165, 1.54) is 0 Å². The van der Waals surface area contributed by atoms with Crippen molar-refractivity contribution in [1.82, 2.24) is 14.8 Å². The van der Waals surface area contributed by atoms with E-state index in [9.17, 15) is 27.5 Å². The van der Waals surface area contributed by atoms with Gasteiger partial charge in [-0.2, -0.15) is 18.2 Å². The van der Waals surface area contributed by atoms with Crippen LogP contribution in [0.15, 0.2) is 28.5 Å². The van der Waals surface area contributed by atoms with Gasteiger partial charge in [-0.05, 0) is 39.7 Å². The first-order chi connectivity index (χ1) is 11.6. The lowest BCUT2D eigenvalue weighted by Gasteiger charge is -2.17. The first-order valence-electron chi connectivity index (χ1n) is 6.65. The number of alkyl halides is 3. The molecule has 0 saturated carbocycles. The Morgan fingerprint density at radius 2 is 2.04 bits per heavy atom. The van der Waals surface area contributed by atoms with Crippen LogP contribution in [0.25, 0.3) is 5.76 Å². The number of benzene rings is 1. The molecule has 1 N–H and O–H groups in total. The number of hydrogen-bond donors (Lipinski definition) is 1. The number of aliphatic hydroxyl groups excluding tert-OH is 1. The van der Waals surface area contributed by atoms with Gasteiger partial charge in [-0.1, -0.05) is 0 Å². The molecule has 0 bridgehead atoms. The predicted octanol–water partition coefficient (Wildman–Crippen LogP) is 3.24. The topological polar surface area (TPSA) is 77.2 Å². The highest BCUT2D eigenvalue weighted by Crippen LogP contribution is 2.41. The highest BCUT2D eigenvalue weighted by atomic mass is 79.9. The van der Waals surface area contributed by atoms with E-state index in [1.54, 1.807) is 0 Å². The molecule has 0 aliphatic carbocycles. The van der Waals surface area contributed by atoms with Crippen LogP contribution < -0.4 is 0 Å². The number of hydrogen-bond acceptors (Lipinski definition) is 5. The van der Waals surface area contributed by atoms with E-state index >= 15 is 0 Å². The molecule has 1 aromatic heterocycles. The second-order valence-electron chi connectivity index (χ2n) is 5.08. The third kappa shape index (κ3) is 2.88. The molecular weight excluding hydrogens is 414 g/mol. The van der Waals surface area contributed by atoms with Gasteiger partial charge >= 0.3 is 12.1 Å². The molecule has 2 heterocycles. The number of carbonyl (C=O) groups excluding carboxylic acids is 1. The van der Waals surface area contributed by atoms with Crippen molar-refractivity contribution < 1.29 is 32.2 Å². The molecule has 0 radical (unpaired) electrons. The third-order valence-electron chi connectivity index (χ3n) is 3.56. The van der Waals surface area contributed by atoms with Crippen LogP contribution in [0.2, 0.25) is 0 Å². The number of rotatable bonds is 2. The van der Waals surface area contributed by atoms with Gasteiger partial charge in [0.2, 0.25) is 4.73 Å². The van der Waals surface area contributed by atoms with E-state index in [1.807, 2.05) is 0 Å². The zero-order valence-corrected chi connectivity index (χ0v) is 13.9. The van der Waals surface area contributed by atoms with Gasteiger partial charge in [-0.3, -0.25) is 0 Å². The fraction of sp³-hybridized carbons (Fsp3) is 0.214. The molecule has 0 spiro atoms. The Kier molecular flexibility index (Phi) is 4.06. The molecular formula is C14H8BrF4N3O3. The smallest absolute Gasteiger partial charge is 0.416 e. The Morgan fingerprint density at radius 3 is 2.64 bits per heavy atom. The first-order valence-corrected chi connectivity index (χ1v) is 7.44. The number of methoxy groups -OCH3 is 1. The molecule has 1 aliphatic rings. The summed E-state index contributed by atoms with van der Waals surface area (Å²) in [6.07, 6.45) is -4.79. The third-order valence-corrected chi connectivity index (χ3v) is 3.89. The molecule has 1 atom stereocenters. The summed E-state index contributed by atoms with van der Waals surface area (Å²) in [6, 6.07) is 0.506. The SMILES string of the molecule is COC(=O)C1=C(O)c2nc(Br)nn2C1c1cc(F)cc(C(F)(F)F)c1. The van der Waals surface area contributed by atoms with Crippen LogP contribution in [0.3, 0.4) is 0 Å². The maximum atomic E-state index is 13.8. The van der Waals surface area contributed by atoms with Crippen LogP contribution in [0.5, 0.6) is 0 Å². The van der Waals surface area contributed by atoms with E-state index in [0.717, 1.165) is 17.9 Å². The minimum atomic E-state index is -4.79. The largest absolute Gasteiger partial charge is 0.504 e. The van der Waals surface area contributed by atoms with Crippen LogP contribution in [0, 0.1) is 5.82 Å². The van der Waals surface area contributed by atoms with Crippen LogP contribution in [0.1, 0.15) is 23.0 Å².